The molecule has 19 heavy (non-hydrogen) atoms. The highest BCUT2D eigenvalue weighted by Gasteiger charge is 2.31. The minimum Gasteiger partial charge on any atom is -0.324 e. The Morgan fingerprint density at radius 1 is 1.11 bits per heavy atom. The van der Waals surface area contributed by atoms with Crippen LogP contribution in [0.15, 0.2) is 24.3 Å². The van der Waals surface area contributed by atoms with Crippen molar-refractivity contribution in [2.75, 3.05) is 13.6 Å². The van der Waals surface area contributed by atoms with E-state index >= 15 is 0 Å². The van der Waals surface area contributed by atoms with Crippen molar-refractivity contribution in [3.63, 3.8) is 0 Å². The third-order valence-corrected chi connectivity index (χ3v) is 5.03. The second-order valence-corrected chi connectivity index (χ2v) is 6.43. The van der Waals surface area contributed by atoms with Crippen molar-refractivity contribution in [3.05, 3.63) is 35.4 Å². The van der Waals surface area contributed by atoms with Gasteiger partial charge in [0.25, 0.3) is 0 Å². The summed E-state index contributed by atoms with van der Waals surface area (Å²) in [7, 11) is 2.29. The van der Waals surface area contributed by atoms with Gasteiger partial charge in [0.05, 0.1) is 0 Å². The van der Waals surface area contributed by atoms with Crippen LogP contribution in [0.1, 0.15) is 61.7 Å². The molecule has 2 aliphatic carbocycles. The standard InChI is InChI=1S/C17H26N2/c1-19(12-13-7-3-2-4-8-13)17-11-16(18)14-9-5-6-10-15(14)17/h5-6,9-10,13,16-17H,2-4,7-8,11-12,18H2,1H3. The van der Waals surface area contributed by atoms with Crippen LogP contribution < -0.4 is 5.73 Å². The smallest absolute Gasteiger partial charge is 0.0366 e. The highest BCUT2D eigenvalue weighted by atomic mass is 15.1. The van der Waals surface area contributed by atoms with Crippen molar-refractivity contribution in [2.45, 2.75) is 50.6 Å². The van der Waals surface area contributed by atoms with E-state index in [1.165, 1.54) is 49.8 Å². The molecule has 0 radical (unpaired) electrons. The van der Waals surface area contributed by atoms with E-state index in [4.69, 9.17) is 5.73 Å². The van der Waals surface area contributed by atoms with Crippen LogP contribution in [-0.2, 0) is 0 Å². The molecule has 2 heteroatoms. The second-order valence-electron chi connectivity index (χ2n) is 6.43. The molecule has 2 atom stereocenters. The van der Waals surface area contributed by atoms with E-state index in [2.05, 4.69) is 36.2 Å². The van der Waals surface area contributed by atoms with Crippen molar-refractivity contribution in [1.82, 2.24) is 4.90 Å². The number of hydrogen-bond donors (Lipinski definition) is 1. The number of fused-ring (bicyclic) bond motifs is 1. The van der Waals surface area contributed by atoms with Gasteiger partial charge in [0.15, 0.2) is 0 Å². The second kappa shape index (κ2) is 5.64. The molecule has 0 aromatic heterocycles. The van der Waals surface area contributed by atoms with Gasteiger partial charge in [-0.25, -0.2) is 0 Å². The largest absolute Gasteiger partial charge is 0.324 e. The van der Waals surface area contributed by atoms with E-state index in [9.17, 15) is 0 Å². The first-order chi connectivity index (χ1) is 9.25. The Bertz CT molecular complexity index is 423. The van der Waals surface area contributed by atoms with Crippen LogP contribution in [0.2, 0.25) is 0 Å². The molecule has 0 spiro atoms. The first kappa shape index (κ1) is 13.1. The molecule has 1 aromatic carbocycles. The monoisotopic (exact) mass is 258 g/mol. The molecule has 3 rings (SSSR count). The zero-order valence-electron chi connectivity index (χ0n) is 12.0. The van der Waals surface area contributed by atoms with Crippen LogP contribution in [0, 0.1) is 5.92 Å². The van der Waals surface area contributed by atoms with Crippen LogP contribution >= 0.6 is 0 Å². The number of hydrogen-bond acceptors (Lipinski definition) is 2. The molecular weight excluding hydrogens is 232 g/mol. The van der Waals surface area contributed by atoms with E-state index in [1.807, 2.05) is 0 Å². The van der Waals surface area contributed by atoms with Crippen LogP contribution in [0.4, 0.5) is 0 Å². The van der Waals surface area contributed by atoms with Crippen LogP contribution in [0.5, 0.6) is 0 Å². The maximum Gasteiger partial charge on any atom is 0.0366 e. The van der Waals surface area contributed by atoms with Crippen molar-refractivity contribution >= 4 is 0 Å². The van der Waals surface area contributed by atoms with E-state index in [-0.39, 0.29) is 6.04 Å². The van der Waals surface area contributed by atoms with Crippen LogP contribution in [-0.4, -0.2) is 18.5 Å². The van der Waals surface area contributed by atoms with Crippen molar-refractivity contribution < 1.29 is 0 Å². The quantitative estimate of drug-likeness (QED) is 0.897. The Morgan fingerprint density at radius 3 is 2.53 bits per heavy atom. The zero-order chi connectivity index (χ0) is 13.2. The molecule has 104 valence electrons. The van der Waals surface area contributed by atoms with Crippen molar-refractivity contribution in [2.24, 2.45) is 11.7 Å². The lowest BCUT2D eigenvalue weighted by Crippen LogP contribution is -2.30. The molecule has 2 aliphatic rings. The Kier molecular flexibility index (Phi) is 3.90. The molecule has 1 aromatic rings. The fourth-order valence-electron chi connectivity index (χ4n) is 3.97. The zero-order valence-corrected chi connectivity index (χ0v) is 12.0. The third-order valence-electron chi connectivity index (χ3n) is 5.03. The summed E-state index contributed by atoms with van der Waals surface area (Å²) in [4.78, 5) is 2.56. The average Bonchev–Trinajstić information content (AvgIpc) is 2.78. The summed E-state index contributed by atoms with van der Waals surface area (Å²) in [5, 5.41) is 0. The molecule has 0 saturated heterocycles. The summed E-state index contributed by atoms with van der Waals surface area (Å²) in [5.41, 5.74) is 9.11. The van der Waals surface area contributed by atoms with Gasteiger partial charge in [-0.2, -0.15) is 0 Å². The van der Waals surface area contributed by atoms with Gasteiger partial charge < -0.3 is 5.73 Å². The maximum absolute atomic E-state index is 6.28. The summed E-state index contributed by atoms with van der Waals surface area (Å²) in [6.07, 6.45) is 8.23. The summed E-state index contributed by atoms with van der Waals surface area (Å²) in [5.74, 6) is 0.905. The Morgan fingerprint density at radius 2 is 1.79 bits per heavy atom. The summed E-state index contributed by atoms with van der Waals surface area (Å²) in [6.45, 7) is 1.24. The van der Waals surface area contributed by atoms with Gasteiger partial charge in [-0.15, -0.1) is 0 Å². The van der Waals surface area contributed by atoms with Crippen molar-refractivity contribution in [3.8, 4) is 0 Å². The Hall–Kier alpha value is -0.860. The summed E-state index contributed by atoms with van der Waals surface area (Å²) >= 11 is 0. The normalized spacial score (nSPS) is 27.7. The molecule has 0 bridgehead atoms. The first-order valence-corrected chi connectivity index (χ1v) is 7.80. The molecule has 0 amide bonds. The SMILES string of the molecule is CN(CC1CCCCC1)C1CC(N)c2ccccc21. The Labute approximate surface area is 117 Å². The molecule has 0 aliphatic heterocycles. The predicted octanol–water partition coefficient (Wildman–Crippen LogP) is 3.64. The van der Waals surface area contributed by atoms with E-state index in [1.54, 1.807) is 0 Å². The van der Waals surface area contributed by atoms with E-state index in [0.717, 1.165) is 12.3 Å². The number of benzene rings is 1. The summed E-state index contributed by atoms with van der Waals surface area (Å²) < 4.78 is 0. The summed E-state index contributed by atoms with van der Waals surface area (Å²) in [6, 6.07) is 9.50. The highest BCUT2D eigenvalue weighted by Crippen LogP contribution is 2.41. The fraction of sp³-hybridized carbons (Fsp3) is 0.647. The molecule has 1 saturated carbocycles. The fourth-order valence-corrected chi connectivity index (χ4v) is 3.97. The van der Waals surface area contributed by atoms with Crippen LogP contribution in [0.25, 0.3) is 0 Å². The van der Waals surface area contributed by atoms with Gasteiger partial charge in [0.1, 0.15) is 0 Å². The maximum atomic E-state index is 6.28. The molecule has 0 heterocycles. The number of rotatable bonds is 3. The van der Waals surface area contributed by atoms with Gasteiger partial charge in [-0.05, 0) is 43.4 Å². The molecule has 2 N–H and O–H groups in total. The van der Waals surface area contributed by atoms with E-state index < -0.39 is 0 Å². The predicted molar refractivity (Wildman–Crippen MR) is 79.9 cm³/mol. The first-order valence-electron chi connectivity index (χ1n) is 7.80. The minimum absolute atomic E-state index is 0.231. The van der Waals surface area contributed by atoms with E-state index in [0.29, 0.717) is 6.04 Å². The number of nitrogens with zero attached hydrogens (tertiary/aromatic N) is 1. The molecule has 1 fully saturated rings. The van der Waals surface area contributed by atoms with Crippen LogP contribution in [0.3, 0.4) is 0 Å². The molecule has 2 nitrogen and oxygen atoms in total. The average molecular weight is 258 g/mol. The highest BCUT2D eigenvalue weighted by molar-refractivity contribution is 5.37. The molecule has 2 unspecified atom stereocenters. The third kappa shape index (κ3) is 2.70. The number of nitrogens with two attached hydrogens (primary N) is 1. The van der Waals surface area contributed by atoms with Gasteiger partial charge in [0, 0.05) is 18.6 Å². The topological polar surface area (TPSA) is 29.3 Å². The Balaban J connectivity index is 1.69. The van der Waals surface area contributed by atoms with Gasteiger partial charge in [-0.1, -0.05) is 43.5 Å². The minimum atomic E-state index is 0.231. The van der Waals surface area contributed by atoms with Gasteiger partial charge in [-0.3, -0.25) is 4.90 Å². The van der Waals surface area contributed by atoms with Crippen molar-refractivity contribution in [1.29, 1.82) is 0 Å². The molecular formula is C17H26N2. The lowest BCUT2D eigenvalue weighted by atomic mass is 9.88. The lowest BCUT2D eigenvalue weighted by Gasteiger charge is -2.31. The lowest BCUT2D eigenvalue weighted by molar-refractivity contribution is 0.178. The van der Waals surface area contributed by atoms with Gasteiger partial charge in [0.2, 0.25) is 0 Å². The van der Waals surface area contributed by atoms with Gasteiger partial charge >= 0.3 is 0 Å².